The van der Waals surface area contributed by atoms with Gasteiger partial charge in [-0.25, -0.2) is 0 Å². The third kappa shape index (κ3) is 5.41. The maximum absolute atomic E-state index is 12.1. The van der Waals surface area contributed by atoms with Crippen molar-refractivity contribution in [1.82, 2.24) is 10.2 Å². The number of carbonyl (C=O) groups is 1. The van der Waals surface area contributed by atoms with Gasteiger partial charge in [0.1, 0.15) is 0 Å². The van der Waals surface area contributed by atoms with Gasteiger partial charge in [-0.15, -0.1) is 0 Å². The van der Waals surface area contributed by atoms with Crippen molar-refractivity contribution in [2.24, 2.45) is 0 Å². The predicted molar refractivity (Wildman–Crippen MR) is 77.1 cm³/mol. The molecule has 0 fully saturated rings. The van der Waals surface area contributed by atoms with Crippen LogP contribution in [0.5, 0.6) is 0 Å². The summed E-state index contributed by atoms with van der Waals surface area (Å²) in [5.41, 5.74) is 1.79. The zero-order valence-corrected chi connectivity index (χ0v) is 12.2. The molecule has 0 saturated carbocycles. The number of benzene rings is 1. The van der Waals surface area contributed by atoms with E-state index in [1.165, 1.54) is 4.90 Å². The molecule has 4 nitrogen and oxygen atoms in total. The average Bonchev–Trinajstić information content (AvgIpc) is 2.35. The Morgan fingerprint density at radius 1 is 1.37 bits per heavy atom. The summed E-state index contributed by atoms with van der Waals surface area (Å²) in [4.78, 5) is 13.6. The molecule has 4 heteroatoms. The highest BCUT2D eigenvalue weighted by atomic mass is 16.3. The molecule has 0 atom stereocenters. The Morgan fingerprint density at radius 2 is 2.05 bits per heavy atom. The van der Waals surface area contributed by atoms with E-state index in [9.17, 15) is 4.79 Å². The molecule has 0 bridgehead atoms. The van der Waals surface area contributed by atoms with Gasteiger partial charge in [0.15, 0.2) is 0 Å². The molecule has 0 aliphatic carbocycles. The third-order valence-electron chi connectivity index (χ3n) is 2.78. The summed E-state index contributed by atoms with van der Waals surface area (Å²) < 4.78 is 0. The lowest BCUT2D eigenvalue weighted by Crippen LogP contribution is -2.35. The summed E-state index contributed by atoms with van der Waals surface area (Å²) in [6.07, 6.45) is 0. The first kappa shape index (κ1) is 15.7. The Hall–Kier alpha value is -1.39. The number of aliphatic hydroxyl groups excluding tert-OH is 1. The summed E-state index contributed by atoms with van der Waals surface area (Å²) in [6, 6.07) is 7.59. The molecule has 1 rings (SSSR count). The largest absolute Gasteiger partial charge is 0.395 e. The van der Waals surface area contributed by atoms with Gasteiger partial charge in [-0.2, -0.15) is 0 Å². The second-order valence-electron chi connectivity index (χ2n) is 5.75. The predicted octanol–water partition coefficient (Wildman–Crippen LogP) is 1.64. The molecule has 1 aromatic carbocycles. The Labute approximate surface area is 115 Å². The topological polar surface area (TPSA) is 52.6 Å². The van der Waals surface area contributed by atoms with Gasteiger partial charge < -0.3 is 15.3 Å². The van der Waals surface area contributed by atoms with E-state index in [0.29, 0.717) is 12.1 Å². The van der Waals surface area contributed by atoms with Crippen molar-refractivity contribution in [3.8, 4) is 0 Å². The van der Waals surface area contributed by atoms with Crippen LogP contribution in [0.1, 0.15) is 36.7 Å². The van der Waals surface area contributed by atoms with Crippen molar-refractivity contribution >= 4 is 5.91 Å². The molecule has 0 aromatic heterocycles. The van der Waals surface area contributed by atoms with Crippen LogP contribution in [0.2, 0.25) is 0 Å². The van der Waals surface area contributed by atoms with Gasteiger partial charge in [0.2, 0.25) is 0 Å². The first-order valence-corrected chi connectivity index (χ1v) is 6.54. The second-order valence-corrected chi connectivity index (χ2v) is 5.75. The number of carbonyl (C=O) groups excluding carboxylic acids is 1. The maximum atomic E-state index is 12.1. The van der Waals surface area contributed by atoms with Gasteiger partial charge in [0, 0.05) is 31.2 Å². The summed E-state index contributed by atoms with van der Waals surface area (Å²) in [5.74, 6) is -0.0633. The van der Waals surface area contributed by atoms with Crippen LogP contribution in [0, 0.1) is 0 Å². The van der Waals surface area contributed by atoms with Crippen LogP contribution >= 0.6 is 0 Å². The molecule has 0 saturated heterocycles. The quantitative estimate of drug-likeness (QED) is 0.850. The van der Waals surface area contributed by atoms with E-state index in [-0.39, 0.29) is 18.1 Å². The smallest absolute Gasteiger partial charge is 0.253 e. The molecule has 0 aliphatic rings. The Kier molecular flexibility index (Phi) is 5.51. The molecule has 1 aromatic rings. The van der Waals surface area contributed by atoms with Crippen molar-refractivity contribution in [2.75, 3.05) is 20.2 Å². The summed E-state index contributed by atoms with van der Waals surface area (Å²) >= 11 is 0. The number of hydrogen-bond acceptors (Lipinski definition) is 3. The van der Waals surface area contributed by atoms with Gasteiger partial charge in [0.25, 0.3) is 5.91 Å². The van der Waals surface area contributed by atoms with Gasteiger partial charge >= 0.3 is 0 Å². The minimum absolute atomic E-state index is 0.0203. The van der Waals surface area contributed by atoms with E-state index >= 15 is 0 Å². The normalized spacial score (nSPS) is 11.4. The fourth-order valence-electron chi connectivity index (χ4n) is 1.65. The zero-order valence-electron chi connectivity index (χ0n) is 12.2. The van der Waals surface area contributed by atoms with Gasteiger partial charge in [0.05, 0.1) is 6.61 Å². The summed E-state index contributed by atoms with van der Waals surface area (Å²) in [6.45, 7) is 7.39. The molecule has 106 valence electrons. The monoisotopic (exact) mass is 264 g/mol. The molecular weight excluding hydrogens is 240 g/mol. The van der Waals surface area contributed by atoms with Crippen LogP contribution in [0.3, 0.4) is 0 Å². The Morgan fingerprint density at radius 3 is 2.63 bits per heavy atom. The van der Waals surface area contributed by atoms with Crippen molar-refractivity contribution in [1.29, 1.82) is 0 Å². The first-order valence-electron chi connectivity index (χ1n) is 6.54. The summed E-state index contributed by atoms with van der Waals surface area (Å²) in [5, 5.41) is 12.3. The number of aliphatic hydroxyl groups is 1. The average molecular weight is 264 g/mol. The van der Waals surface area contributed by atoms with Crippen molar-refractivity contribution in [3.63, 3.8) is 0 Å². The minimum atomic E-state index is -0.0633. The van der Waals surface area contributed by atoms with Crippen LogP contribution in [0.25, 0.3) is 0 Å². The minimum Gasteiger partial charge on any atom is -0.395 e. The molecular formula is C15H24N2O2. The van der Waals surface area contributed by atoms with Crippen LogP contribution in [-0.2, 0) is 6.54 Å². The number of nitrogens with one attached hydrogen (secondary N) is 1. The standard InChI is InChI=1S/C15H24N2O2/c1-15(2,3)16-11-12-6-5-7-13(10-12)14(19)17(4)8-9-18/h5-7,10,16,18H,8-9,11H2,1-4H3. The molecule has 0 spiro atoms. The molecule has 2 N–H and O–H groups in total. The van der Waals surface area contributed by atoms with Crippen molar-refractivity contribution in [3.05, 3.63) is 35.4 Å². The van der Waals surface area contributed by atoms with E-state index in [0.717, 1.165) is 12.1 Å². The van der Waals surface area contributed by atoms with E-state index in [1.807, 2.05) is 18.2 Å². The SMILES string of the molecule is CN(CCO)C(=O)c1cccc(CNC(C)(C)C)c1. The fraction of sp³-hybridized carbons (Fsp3) is 0.533. The number of hydrogen-bond donors (Lipinski definition) is 2. The van der Waals surface area contributed by atoms with E-state index < -0.39 is 0 Å². The van der Waals surface area contributed by atoms with E-state index in [4.69, 9.17) is 5.11 Å². The number of rotatable bonds is 5. The lowest BCUT2D eigenvalue weighted by Gasteiger charge is -2.21. The molecule has 0 aliphatic heterocycles. The number of likely N-dealkylation sites (N-methyl/N-ethyl adjacent to an activating group) is 1. The highest BCUT2D eigenvalue weighted by Crippen LogP contribution is 2.09. The van der Waals surface area contributed by atoms with Crippen LogP contribution < -0.4 is 5.32 Å². The summed E-state index contributed by atoms with van der Waals surface area (Å²) in [7, 11) is 1.69. The van der Waals surface area contributed by atoms with Crippen LogP contribution in [0.15, 0.2) is 24.3 Å². The fourth-order valence-corrected chi connectivity index (χ4v) is 1.65. The maximum Gasteiger partial charge on any atom is 0.253 e. The Balaban J connectivity index is 2.74. The molecule has 1 amide bonds. The number of amides is 1. The highest BCUT2D eigenvalue weighted by molar-refractivity contribution is 5.94. The van der Waals surface area contributed by atoms with Gasteiger partial charge in [-0.3, -0.25) is 4.79 Å². The molecule has 0 heterocycles. The highest BCUT2D eigenvalue weighted by Gasteiger charge is 2.12. The van der Waals surface area contributed by atoms with Crippen LogP contribution in [-0.4, -0.2) is 41.7 Å². The van der Waals surface area contributed by atoms with Gasteiger partial charge in [-0.05, 0) is 38.5 Å². The van der Waals surface area contributed by atoms with Crippen LogP contribution in [0.4, 0.5) is 0 Å². The lowest BCUT2D eigenvalue weighted by molar-refractivity contribution is 0.0767. The Bertz CT molecular complexity index is 424. The zero-order chi connectivity index (χ0) is 14.5. The van der Waals surface area contributed by atoms with E-state index in [1.54, 1.807) is 13.1 Å². The molecule has 0 radical (unpaired) electrons. The molecule has 19 heavy (non-hydrogen) atoms. The second kappa shape index (κ2) is 6.68. The first-order chi connectivity index (χ1) is 8.83. The number of nitrogens with zero attached hydrogens (tertiary/aromatic N) is 1. The lowest BCUT2D eigenvalue weighted by atomic mass is 10.1. The molecule has 0 unspecified atom stereocenters. The van der Waals surface area contributed by atoms with Crippen molar-refractivity contribution in [2.45, 2.75) is 32.9 Å². The van der Waals surface area contributed by atoms with Gasteiger partial charge in [-0.1, -0.05) is 12.1 Å². The third-order valence-corrected chi connectivity index (χ3v) is 2.78. The van der Waals surface area contributed by atoms with E-state index in [2.05, 4.69) is 26.1 Å². The van der Waals surface area contributed by atoms with Crippen molar-refractivity contribution < 1.29 is 9.90 Å².